The molecule has 0 saturated carbocycles. The molecule has 0 bridgehead atoms. The Balaban J connectivity index is 1.57. The van der Waals surface area contributed by atoms with Gasteiger partial charge >= 0.3 is 6.03 Å². The average Bonchev–Trinajstić information content (AvgIpc) is 3.27. The minimum atomic E-state index is -0.838. The van der Waals surface area contributed by atoms with E-state index in [1.807, 2.05) is 35.2 Å². The molecule has 4 rings (SSSR count). The van der Waals surface area contributed by atoms with E-state index < -0.39 is 5.54 Å². The number of imide groups is 1. The number of ether oxygens (including phenoxy) is 1. The van der Waals surface area contributed by atoms with Crippen molar-refractivity contribution in [2.75, 3.05) is 38.3 Å². The van der Waals surface area contributed by atoms with Crippen LogP contribution in [-0.4, -0.2) is 70.8 Å². The molecule has 1 spiro atoms. The first kappa shape index (κ1) is 20.3. The number of piperidine rings is 1. The number of benzene rings is 1. The molecule has 9 heteroatoms. The van der Waals surface area contributed by atoms with Crippen molar-refractivity contribution >= 4 is 17.9 Å². The van der Waals surface area contributed by atoms with Gasteiger partial charge in [0.25, 0.3) is 11.9 Å². The van der Waals surface area contributed by atoms with E-state index >= 15 is 0 Å². The molecule has 0 N–H and O–H groups in total. The molecule has 2 fully saturated rings. The molecule has 2 aliphatic heterocycles. The fourth-order valence-corrected chi connectivity index (χ4v) is 4.31. The number of nitrogens with zero attached hydrogens (tertiary/aromatic N) is 5. The van der Waals surface area contributed by atoms with Crippen molar-refractivity contribution in [1.29, 1.82) is 0 Å². The van der Waals surface area contributed by atoms with Gasteiger partial charge < -0.3 is 19.1 Å². The van der Waals surface area contributed by atoms with Gasteiger partial charge in [0, 0.05) is 46.8 Å². The number of methoxy groups -OCH3 is 1. The number of carbonyl (C=O) groups excluding carboxylic acids is 2. The maximum absolute atomic E-state index is 13.5. The maximum atomic E-state index is 13.5. The van der Waals surface area contributed by atoms with E-state index in [9.17, 15) is 9.59 Å². The van der Waals surface area contributed by atoms with Crippen LogP contribution in [-0.2, 0) is 16.1 Å². The second-order valence-corrected chi connectivity index (χ2v) is 7.79. The minimum Gasteiger partial charge on any atom is -0.385 e. The van der Waals surface area contributed by atoms with E-state index in [-0.39, 0.29) is 11.9 Å². The summed E-state index contributed by atoms with van der Waals surface area (Å²) in [5.74, 6) is 0.932. The third kappa shape index (κ3) is 3.65. The number of aryl methyl sites for hydroxylation is 1. The summed E-state index contributed by atoms with van der Waals surface area (Å²) in [5.41, 5.74) is 0.169. The lowest BCUT2D eigenvalue weighted by Crippen LogP contribution is -2.56. The van der Waals surface area contributed by atoms with Gasteiger partial charge in [-0.3, -0.25) is 9.69 Å². The summed E-state index contributed by atoms with van der Waals surface area (Å²) in [4.78, 5) is 36.2. The molecular formula is C21H27N5O4. The highest BCUT2D eigenvalue weighted by Gasteiger charge is 2.57. The second kappa shape index (κ2) is 8.43. The summed E-state index contributed by atoms with van der Waals surface area (Å²) in [6, 6.07) is 9.58. The van der Waals surface area contributed by atoms with E-state index in [1.54, 1.807) is 18.9 Å². The van der Waals surface area contributed by atoms with Gasteiger partial charge in [-0.2, -0.15) is 4.98 Å². The fourth-order valence-electron chi connectivity index (χ4n) is 4.31. The lowest BCUT2D eigenvalue weighted by Gasteiger charge is -2.41. The van der Waals surface area contributed by atoms with E-state index in [4.69, 9.17) is 9.26 Å². The number of carbonyl (C=O) groups is 2. The lowest BCUT2D eigenvalue weighted by atomic mass is 9.85. The summed E-state index contributed by atoms with van der Waals surface area (Å²) in [6.45, 7) is 4.19. The minimum absolute atomic E-state index is 0.108. The van der Waals surface area contributed by atoms with Crippen molar-refractivity contribution < 1.29 is 18.8 Å². The number of urea groups is 1. The van der Waals surface area contributed by atoms with Crippen molar-refractivity contribution in [1.82, 2.24) is 19.9 Å². The smallest absolute Gasteiger partial charge is 0.327 e. The van der Waals surface area contributed by atoms with Crippen LogP contribution < -0.4 is 4.90 Å². The van der Waals surface area contributed by atoms with E-state index in [0.29, 0.717) is 63.9 Å². The third-order valence-electron chi connectivity index (χ3n) is 5.93. The van der Waals surface area contributed by atoms with E-state index in [0.717, 1.165) is 5.56 Å². The number of hydrogen-bond donors (Lipinski definition) is 0. The zero-order valence-electron chi connectivity index (χ0n) is 17.4. The van der Waals surface area contributed by atoms with Gasteiger partial charge in [-0.05, 0) is 30.0 Å². The van der Waals surface area contributed by atoms with Gasteiger partial charge in [0.05, 0.1) is 0 Å². The van der Waals surface area contributed by atoms with Gasteiger partial charge in [0.1, 0.15) is 5.54 Å². The molecule has 3 heterocycles. The van der Waals surface area contributed by atoms with Crippen LogP contribution in [0.1, 0.15) is 30.7 Å². The number of rotatable bonds is 7. The first-order valence-corrected chi connectivity index (χ1v) is 10.3. The first-order valence-electron chi connectivity index (χ1n) is 10.3. The van der Waals surface area contributed by atoms with Gasteiger partial charge in [0.15, 0.2) is 0 Å². The van der Waals surface area contributed by atoms with Crippen molar-refractivity contribution in [2.45, 2.75) is 38.3 Å². The Morgan fingerprint density at radius 1 is 1.17 bits per heavy atom. The van der Waals surface area contributed by atoms with Crippen LogP contribution in [0.15, 0.2) is 34.9 Å². The number of hydrogen-bond acceptors (Lipinski definition) is 7. The highest BCUT2D eigenvalue weighted by atomic mass is 16.5. The highest BCUT2D eigenvalue weighted by molar-refractivity contribution is 6.07. The summed E-state index contributed by atoms with van der Waals surface area (Å²) in [6.07, 6.45) is 1.68. The molecular weight excluding hydrogens is 386 g/mol. The van der Waals surface area contributed by atoms with Gasteiger partial charge in [-0.15, -0.1) is 0 Å². The summed E-state index contributed by atoms with van der Waals surface area (Å²) in [7, 11) is 1.62. The van der Waals surface area contributed by atoms with Crippen LogP contribution in [0.3, 0.4) is 0 Å². The van der Waals surface area contributed by atoms with Crippen molar-refractivity contribution in [3.63, 3.8) is 0 Å². The molecule has 30 heavy (non-hydrogen) atoms. The third-order valence-corrected chi connectivity index (χ3v) is 5.93. The molecule has 2 aromatic rings. The molecule has 0 radical (unpaired) electrons. The van der Waals surface area contributed by atoms with Gasteiger partial charge in [-0.1, -0.05) is 30.3 Å². The van der Waals surface area contributed by atoms with Gasteiger partial charge in [0.2, 0.25) is 5.89 Å². The monoisotopic (exact) mass is 413 g/mol. The molecule has 1 aromatic heterocycles. The molecule has 2 aliphatic rings. The zero-order valence-corrected chi connectivity index (χ0v) is 17.4. The standard InChI is InChI=1S/C21H27N5O4/c1-16-22-19(23-30-16)24-12-9-21(10-13-24)18(27)25(11-6-14-29-2)20(28)26(21)15-17-7-4-3-5-8-17/h3-5,7-8H,6,9-15H2,1-2H3. The normalized spacial score (nSPS) is 18.7. The molecule has 9 nitrogen and oxygen atoms in total. The maximum Gasteiger partial charge on any atom is 0.327 e. The summed E-state index contributed by atoms with van der Waals surface area (Å²) in [5, 5.41) is 3.99. The van der Waals surface area contributed by atoms with Crippen LogP contribution in [0.2, 0.25) is 0 Å². The summed E-state index contributed by atoms with van der Waals surface area (Å²) >= 11 is 0. The Bertz CT molecular complexity index is 892. The molecule has 3 amide bonds. The molecule has 0 aliphatic carbocycles. The second-order valence-electron chi connectivity index (χ2n) is 7.79. The zero-order chi connectivity index (χ0) is 21.1. The van der Waals surface area contributed by atoms with Crippen molar-refractivity contribution in [2.24, 2.45) is 0 Å². The topological polar surface area (TPSA) is 92.0 Å². The highest BCUT2D eigenvalue weighted by Crippen LogP contribution is 2.39. The van der Waals surface area contributed by atoms with E-state index in [1.165, 1.54) is 4.90 Å². The number of anilines is 1. The SMILES string of the molecule is COCCCN1C(=O)N(Cc2ccccc2)C2(CCN(c3noc(C)n3)CC2)C1=O. The average molecular weight is 413 g/mol. The predicted molar refractivity (Wildman–Crippen MR) is 109 cm³/mol. The Morgan fingerprint density at radius 2 is 1.90 bits per heavy atom. The van der Waals surface area contributed by atoms with Crippen molar-refractivity contribution in [3.8, 4) is 0 Å². The predicted octanol–water partition coefficient (Wildman–Crippen LogP) is 2.22. The van der Waals surface area contributed by atoms with Crippen LogP contribution in [0.4, 0.5) is 10.7 Å². The molecule has 1 aromatic carbocycles. The summed E-state index contributed by atoms with van der Waals surface area (Å²) < 4.78 is 10.2. The quantitative estimate of drug-likeness (QED) is 0.508. The van der Waals surface area contributed by atoms with Crippen LogP contribution in [0.25, 0.3) is 0 Å². The molecule has 0 unspecified atom stereocenters. The number of aromatic nitrogens is 2. The Morgan fingerprint density at radius 3 is 2.53 bits per heavy atom. The van der Waals surface area contributed by atoms with Gasteiger partial charge in [-0.25, -0.2) is 4.79 Å². The Kier molecular flexibility index (Phi) is 5.72. The van der Waals surface area contributed by atoms with Crippen LogP contribution in [0, 0.1) is 6.92 Å². The van der Waals surface area contributed by atoms with Crippen LogP contribution in [0.5, 0.6) is 0 Å². The van der Waals surface area contributed by atoms with E-state index in [2.05, 4.69) is 10.1 Å². The Labute approximate surface area is 175 Å². The van der Waals surface area contributed by atoms with Crippen molar-refractivity contribution in [3.05, 3.63) is 41.8 Å². The largest absolute Gasteiger partial charge is 0.385 e. The molecule has 0 atom stereocenters. The lowest BCUT2D eigenvalue weighted by molar-refractivity contribution is -0.134. The number of amides is 3. The first-order chi connectivity index (χ1) is 14.5. The molecule has 160 valence electrons. The fraction of sp³-hybridized carbons (Fsp3) is 0.524. The molecule has 2 saturated heterocycles. The Hall–Kier alpha value is -2.94. The van der Waals surface area contributed by atoms with Crippen LogP contribution >= 0.6 is 0 Å².